The van der Waals surface area contributed by atoms with Gasteiger partial charge < -0.3 is 24.0 Å². The number of hydrogen-bond donors (Lipinski definition) is 2. The second kappa shape index (κ2) is 36.6. The molecule has 0 rings (SSSR count). The Kier molecular flexibility index (Phi) is 35.3. The van der Waals surface area contributed by atoms with Gasteiger partial charge in [0, 0.05) is 6.42 Å². The first-order valence-corrected chi connectivity index (χ1v) is 22.7. The first-order chi connectivity index (χ1) is 26.0. The van der Waals surface area contributed by atoms with Crippen LogP contribution in [0.2, 0.25) is 0 Å². The van der Waals surface area contributed by atoms with Crippen LogP contribution in [0.15, 0.2) is 60.9 Å². The molecule has 0 bridgehead atoms. The summed E-state index contributed by atoms with van der Waals surface area (Å²) in [5.41, 5.74) is 0. The molecule has 0 saturated heterocycles. The van der Waals surface area contributed by atoms with Gasteiger partial charge in [0.15, 0.2) is 6.10 Å². The Hall–Kier alpha value is -2.00. The SMILES string of the molecule is CCCCCCCCCCCCCC/C=C/O[C@H](COC(=O)CCC/C=C\C/C=C\C/C=C\C/C=C\[C@@H](O)CCCC)COP(=O)(O)OCC[N+](C)(C)C. The number of carbonyl (C=O) groups is 1. The van der Waals surface area contributed by atoms with E-state index in [1.54, 1.807) is 6.26 Å². The third-order valence-corrected chi connectivity index (χ3v) is 9.73. The fourth-order valence-corrected chi connectivity index (χ4v) is 6.05. The molecule has 0 aliphatic heterocycles. The van der Waals surface area contributed by atoms with Crippen molar-refractivity contribution in [3.63, 3.8) is 0 Å². The number of phosphoric acid groups is 1. The van der Waals surface area contributed by atoms with Crippen LogP contribution < -0.4 is 0 Å². The molecule has 0 aliphatic rings. The molecule has 0 fully saturated rings. The number of carbonyl (C=O) groups excluding carboxylic acids is 1. The minimum atomic E-state index is -4.29. The highest BCUT2D eigenvalue weighted by Crippen LogP contribution is 2.43. The predicted octanol–water partition coefficient (Wildman–Crippen LogP) is 11.5. The number of nitrogens with zero attached hydrogens (tertiary/aromatic N) is 1. The summed E-state index contributed by atoms with van der Waals surface area (Å²) >= 11 is 0. The highest BCUT2D eigenvalue weighted by molar-refractivity contribution is 7.47. The topological polar surface area (TPSA) is 112 Å². The van der Waals surface area contributed by atoms with Crippen molar-refractivity contribution in [1.29, 1.82) is 0 Å². The Morgan fingerprint density at radius 1 is 0.667 bits per heavy atom. The third kappa shape index (κ3) is 39.7. The molecule has 0 heterocycles. The fourth-order valence-electron chi connectivity index (χ4n) is 5.31. The highest BCUT2D eigenvalue weighted by Gasteiger charge is 2.25. The zero-order valence-electron chi connectivity index (χ0n) is 35.1. The van der Waals surface area contributed by atoms with Crippen molar-refractivity contribution in [3.8, 4) is 0 Å². The molecule has 10 heteroatoms. The fraction of sp³-hybridized carbons (Fsp3) is 0.750. The second-order valence-electron chi connectivity index (χ2n) is 15.3. The second-order valence-corrected chi connectivity index (χ2v) is 16.7. The summed E-state index contributed by atoms with van der Waals surface area (Å²) in [7, 11) is 1.61. The molecule has 0 aromatic heterocycles. The summed E-state index contributed by atoms with van der Waals surface area (Å²) in [6.07, 6.45) is 42.7. The molecule has 0 aromatic carbocycles. The maximum absolute atomic E-state index is 12.4. The number of likely N-dealkylation sites (N-methyl/N-ethyl adjacent to an activating group) is 1. The van der Waals surface area contributed by atoms with Gasteiger partial charge in [0.25, 0.3) is 0 Å². The lowest BCUT2D eigenvalue weighted by Gasteiger charge is -2.24. The van der Waals surface area contributed by atoms with Gasteiger partial charge in [0.1, 0.15) is 19.8 Å². The molecule has 2 N–H and O–H groups in total. The molecular formula is C44H81NO8P+. The Balaban J connectivity index is 4.43. The maximum Gasteiger partial charge on any atom is 0.472 e. The molecule has 9 nitrogen and oxygen atoms in total. The van der Waals surface area contributed by atoms with E-state index in [0.717, 1.165) is 57.8 Å². The number of ether oxygens (including phenoxy) is 2. The van der Waals surface area contributed by atoms with Crippen molar-refractivity contribution in [2.45, 2.75) is 167 Å². The molecule has 1 unspecified atom stereocenters. The van der Waals surface area contributed by atoms with Crippen LogP contribution in [0.5, 0.6) is 0 Å². The van der Waals surface area contributed by atoms with E-state index < -0.39 is 13.9 Å². The summed E-state index contributed by atoms with van der Waals surface area (Å²) < 4.78 is 34.6. The summed E-state index contributed by atoms with van der Waals surface area (Å²) in [5, 5.41) is 9.81. The number of hydrogen-bond acceptors (Lipinski definition) is 7. The van der Waals surface area contributed by atoms with E-state index in [1.165, 1.54) is 70.6 Å². The number of rotatable bonds is 38. The van der Waals surface area contributed by atoms with E-state index in [0.29, 0.717) is 17.4 Å². The summed E-state index contributed by atoms with van der Waals surface area (Å²) in [6, 6.07) is 0. The van der Waals surface area contributed by atoms with E-state index >= 15 is 0 Å². The molecule has 0 aromatic rings. The molecule has 54 heavy (non-hydrogen) atoms. The standard InChI is InChI=1S/C44H80NO8P/c1-6-8-10-11-12-13-14-15-18-21-24-27-30-33-38-50-43(41-53-54(48,49)52-39-37-45(3,4)5)40-51-44(47)36-32-29-26-23-20-17-16-19-22-25-28-31-35-42(46)34-9-7-2/h16-17,22-23,25-26,31,33,35,38,42-43,46H,6-15,18-21,24,27-30,32,34,36-37,39-41H2,1-5H3/p+1/b17-16-,25-22-,26-23-,35-31-,38-33+/t42-,43+/m0/s1. The van der Waals surface area contributed by atoms with Crippen LogP contribution >= 0.6 is 7.82 Å². The molecule has 314 valence electrons. The molecule has 0 radical (unpaired) electrons. The van der Waals surface area contributed by atoms with Gasteiger partial charge in [-0.3, -0.25) is 13.8 Å². The lowest BCUT2D eigenvalue weighted by Crippen LogP contribution is -2.37. The number of phosphoric ester groups is 1. The number of quaternary nitrogens is 1. The highest BCUT2D eigenvalue weighted by atomic mass is 31.2. The molecule has 0 amide bonds. The Morgan fingerprint density at radius 3 is 1.80 bits per heavy atom. The normalized spacial score (nSPS) is 14.9. The van der Waals surface area contributed by atoms with Gasteiger partial charge in [-0.2, -0.15) is 0 Å². The van der Waals surface area contributed by atoms with Crippen molar-refractivity contribution in [1.82, 2.24) is 0 Å². The average Bonchev–Trinajstić information content (AvgIpc) is 3.12. The first-order valence-electron chi connectivity index (χ1n) is 21.2. The minimum Gasteiger partial charge on any atom is -0.492 e. The van der Waals surface area contributed by atoms with Crippen molar-refractivity contribution < 1.29 is 42.4 Å². The average molecular weight is 783 g/mol. The first kappa shape index (κ1) is 52.0. The van der Waals surface area contributed by atoms with Gasteiger partial charge in [0.2, 0.25) is 0 Å². The zero-order valence-corrected chi connectivity index (χ0v) is 35.9. The van der Waals surface area contributed by atoms with Crippen LogP contribution in [0, 0.1) is 0 Å². The molecule has 3 atom stereocenters. The van der Waals surface area contributed by atoms with Gasteiger partial charge in [-0.1, -0.05) is 146 Å². The number of aliphatic hydroxyl groups is 1. The van der Waals surface area contributed by atoms with E-state index in [2.05, 4.69) is 50.3 Å². The van der Waals surface area contributed by atoms with Crippen LogP contribution in [-0.2, 0) is 27.9 Å². The smallest absolute Gasteiger partial charge is 0.472 e. The largest absolute Gasteiger partial charge is 0.492 e. The van der Waals surface area contributed by atoms with E-state index in [4.69, 9.17) is 18.5 Å². The van der Waals surface area contributed by atoms with Crippen molar-refractivity contribution in [2.24, 2.45) is 0 Å². The molecule has 0 aliphatic carbocycles. The Morgan fingerprint density at radius 2 is 1.20 bits per heavy atom. The van der Waals surface area contributed by atoms with E-state index in [1.807, 2.05) is 39.4 Å². The third-order valence-electron chi connectivity index (χ3n) is 8.74. The maximum atomic E-state index is 12.4. The van der Waals surface area contributed by atoms with Gasteiger partial charge >= 0.3 is 13.8 Å². The summed E-state index contributed by atoms with van der Waals surface area (Å²) in [6.45, 7) is 4.66. The van der Waals surface area contributed by atoms with E-state index in [-0.39, 0.29) is 38.3 Å². The van der Waals surface area contributed by atoms with Crippen LogP contribution in [0.3, 0.4) is 0 Å². The minimum absolute atomic E-state index is 0.0726. The molecular weight excluding hydrogens is 701 g/mol. The summed E-state index contributed by atoms with van der Waals surface area (Å²) in [5.74, 6) is -0.346. The zero-order chi connectivity index (χ0) is 40.0. The van der Waals surface area contributed by atoms with E-state index in [9.17, 15) is 19.4 Å². The van der Waals surface area contributed by atoms with Crippen LogP contribution in [0.25, 0.3) is 0 Å². The number of allylic oxidation sites excluding steroid dienone is 8. The van der Waals surface area contributed by atoms with Gasteiger partial charge in [-0.15, -0.1) is 0 Å². The van der Waals surface area contributed by atoms with Crippen LogP contribution in [0.1, 0.15) is 155 Å². The Bertz CT molecular complexity index is 1070. The number of esters is 1. The number of unbranched alkanes of at least 4 members (excludes halogenated alkanes) is 14. The lowest BCUT2D eigenvalue weighted by atomic mass is 10.0. The Labute approximate surface area is 331 Å². The van der Waals surface area contributed by atoms with Crippen LogP contribution in [0.4, 0.5) is 0 Å². The van der Waals surface area contributed by atoms with Crippen molar-refractivity contribution >= 4 is 13.8 Å². The van der Waals surface area contributed by atoms with Crippen LogP contribution in [-0.4, -0.2) is 80.2 Å². The molecule has 0 spiro atoms. The van der Waals surface area contributed by atoms with Gasteiger partial charge in [-0.25, -0.2) is 4.57 Å². The van der Waals surface area contributed by atoms with Gasteiger partial charge in [-0.05, 0) is 57.4 Å². The number of aliphatic hydroxyl groups excluding tert-OH is 1. The van der Waals surface area contributed by atoms with Gasteiger partial charge in [0.05, 0.1) is 40.1 Å². The molecule has 0 saturated carbocycles. The lowest BCUT2D eigenvalue weighted by molar-refractivity contribution is -0.870. The van der Waals surface area contributed by atoms with Crippen molar-refractivity contribution in [3.05, 3.63) is 60.9 Å². The summed E-state index contributed by atoms with van der Waals surface area (Å²) in [4.78, 5) is 22.6. The predicted molar refractivity (Wildman–Crippen MR) is 225 cm³/mol. The quantitative estimate of drug-likeness (QED) is 0.0159. The van der Waals surface area contributed by atoms with Crippen molar-refractivity contribution in [2.75, 3.05) is 47.5 Å². The monoisotopic (exact) mass is 783 g/mol.